The Bertz CT molecular complexity index is 900. The van der Waals surface area contributed by atoms with Crippen LogP contribution in [0, 0.1) is 19.8 Å². The van der Waals surface area contributed by atoms with Crippen LogP contribution in [0.15, 0.2) is 23.6 Å². The van der Waals surface area contributed by atoms with Crippen LogP contribution in [0.2, 0.25) is 0 Å². The molecule has 25 heavy (non-hydrogen) atoms. The van der Waals surface area contributed by atoms with E-state index in [0.29, 0.717) is 11.7 Å². The molecule has 3 heterocycles. The molecule has 3 aromatic heterocycles. The summed E-state index contributed by atoms with van der Waals surface area (Å²) in [4.78, 5) is 23.2. The van der Waals surface area contributed by atoms with E-state index >= 15 is 0 Å². The molecule has 132 valence electrons. The molecule has 0 fully saturated rings. The zero-order valence-electron chi connectivity index (χ0n) is 14.7. The highest BCUT2D eigenvalue weighted by molar-refractivity contribution is 8.00. The number of aryl methyl sites for hydroxylation is 2. The van der Waals surface area contributed by atoms with Gasteiger partial charge in [-0.15, -0.1) is 11.3 Å². The molecule has 3 aromatic rings. The number of rotatable bonds is 6. The number of carbonyl (C=O) groups excluding carboxylic acids is 1. The lowest BCUT2D eigenvalue weighted by molar-refractivity contribution is -0.113. The van der Waals surface area contributed by atoms with Crippen molar-refractivity contribution in [1.29, 1.82) is 0 Å². The van der Waals surface area contributed by atoms with Crippen molar-refractivity contribution < 1.29 is 4.79 Å². The number of hydrogen-bond donors (Lipinski definition) is 1. The fourth-order valence-electron chi connectivity index (χ4n) is 2.50. The summed E-state index contributed by atoms with van der Waals surface area (Å²) in [5, 5.41) is 9.11. The summed E-state index contributed by atoms with van der Waals surface area (Å²) in [6, 6.07) is 1.82. The third-order valence-electron chi connectivity index (χ3n) is 3.79. The van der Waals surface area contributed by atoms with E-state index in [4.69, 9.17) is 0 Å². The second-order valence-electron chi connectivity index (χ2n) is 6.27. The highest BCUT2D eigenvalue weighted by Gasteiger charge is 2.14. The molecular formula is C17H21N5OS2. The number of thiophene rings is 1. The van der Waals surface area contributed by atoms with Crippen LogP contribution in [0.25, 0.3) is 10.2 Å². The lowest BCUT2D eigenvalue weighted by Crippen LogP contribution is -2.18. The van der Waals surface area contributed by atoms with Crippen LogP contribution in [-0.4, -0.2) is 31.4 Å². The molecule has 6 nitrogen and oxygen atoms in total. The van der Waals surface area contributed by atoms with E-state index < -0.39 is 0 Å². The minimum atomic E-state index is -0.0631. The number of nitrogens with one attached hydrogen (secondary N) is 1. The predicted molar refractivity (Wildman–Crippen MR) is 103 cm³/mol. The summed E-state index contributed by atoms with van der Waals surface area (Å²) in [6.45, 7) is 9.17. The Balaban J connectivity index is 1.68. The van der Waals surface area contributed by atoms with E-state index in [-0.39, 0.29) is 5.91 Å². The van der Waals surface area contributed by atoms with E-state index in [9.17, 15) is 4.79 Å². The number of amides is 1. The second kappa shape index (κ2) is 7.53. The number of thioether (sulfide) groups is 1. The number of nitrogens with zero attached hydrogens (tertiary/aromatic N) is 4. The molecule has 0 unspecified atom stereocenters. The second-order valence-corrected chi connectivity index (χ2v) is 8.44. The van der Waals surface area contributed by atoms with E-state index in [0.717, 1.165) is 27.6 Å². The van der Waals surface area contributed by atoms with Crippen molar-refractivity contribution in [1.82, 2.24) is 19.7 Å². The molecule has 0 saturated carbocycles. The van der Waals surface area contributed by atoms with Gasteiger partial charge in [0.1, 0.15) is 22.0 Å². The molecule has 0 atom stereocenters. The molecule has 0 aliphatic heterocycles. The molecule has 1 amide bonds. The molecule has 0 aliphatic rings. The Labute approximate surface area is 155 Å². The van der Waals surface area contributed by atoms with E-state index in [1.165, 1.54) is 22.2 Å². The number of carbonyl (C=O) groups is 1. The van der Waals surface area contributed by atoms with Crippen molar-refractivity contribution in [2.45, 2.75) is 39.3 Å². The average Bonchev–Trinajstić information content (AvgIpc) is 3.10. The average molecular weight is 376 g/mol. The maximum Gasteiger partial charge on any atom is 0.235 e. The van der Waals surface area contributed by atoms with Crippen LogP contribution in [0.1, 0.15) is 24.3 Å². The first-order valence-corrected chi connectivity index (χ1v) is 9.91. The van der Waals surface area contributed by atoms with Crippen molar-refractivity contribution in [3.63, 3.8) is 0 Å². The maximum atomic E-state index is 12.3. The first-order valence-electron chi connectivity index (χ1n) is 8.11. The van der Waals surface area contributed by atoms with E-state index in [1.807, 2.05) is 10.7 Å². The predicted octanol–water partition coefficient (Wildman–Crippen LogP) is 3.89. The zero-order chi connectivity index (χ0) is 18.0. The van der Waals surface area contributed by atoms with Crippen molar-refractivity contribution >= 4 is 45.0 Å². The maximum absolute atomic E-state index is 12.3. The molecule has 0 bridgehead atoms. The Kier molecular flexibility index (Phi) is 5.39. The van der Waals surface area contributed by atoms with E-state index in [2.05, 4.69) is 48.1 Å². The summed E-state index contributed by atoms with van der Waals surface area (Å²) < 4.78 is 1.82. The van der Waals surface area contributed by atoms with Crippen LogP contribution in [-0.2, 0) is 11.3 Å². The van der Waals surface area contributed by atoms with Gasteiger partial charge in [-0.1, -0.05) is 25.6 Å². The summed E-state index contributed by atoms with van der Waals surface area (Å²) in [5.74, 6) is 1.43. The Hall–Kier alpha value is -1.93. The van der Waals surface area contributed by atoms with Crippen molar-refractivity contribution in [2.75, 3.05) is 11.1 Å². The fourth-order valence-corrected chi connectivity index (χ4v) is 4.42. The van der Waals surface area contributed by atoms with Gasteiger partial charge >= 0.3 is 0 Å². The Morgan fingerprint density at radius 3 is 2.92 bits per heavy atom. The van der Waals surface area contributed by atoms with Gasteiger partial charge in [-0.05, 0) is 25.3 Å². The third kappa shape index (κ3) is 4.01. The molecule has 0 aliphatic carbocycles. The number of fused-ring (bicyclic) bond motifs is 1. The van der Waals surface area contributed by atoms with Gasteiger partial charge in [-0.3, -0.25) is 4.79 Å². The highest BCUT2D eigenvalue weighted by Crippen LogP contribution is 2.34. The molecule has 0 saturated heterocycles. The van der Waals surface area contributed by atoms with Crippen molar-refractivity contribution in [3.8, 4) is 0 Å². The summed E-state index contributed by atoms with van der Waals surface area (Å²) in [6.07, 6.45) is 3.27. The number of anilines is 1. The molecule has 1 N–H and O–H groups in total. The van der Waals surface area contributed by atoms with Gasteiger partial charge in [-0.25, -0.2) is 14.6 Å². The quantitative estimate of drug-likeness (QED) is 0.523. The van der Waals surface area contributed by atoms with Gasteiger partial charge in [0.05, 0.1) is 11.9 Å². The normalized spacial score (nSPS) is 11.4. The van der Waals surface area contributed by atoms with Crippen LogP contribution in [0.3, 0.4) is 0 Å². The van der Waals surface area contributed by atoms with Gasteiger partial charge in [0.25, 0.3) is 0 Å². The first kappa shape index (κ1) is 17.9. The Morgan fingerprint density at radius 2 is 2.16 bits per heavy atom. The monoisotopic (exact) mass is 375 g/mol. The van der Waals surface area contributed by atoms with Gasteiger partial charge in [0.2, 0.25) is 5.91 Å². The standard InChI is InChI=1S/C17H21N5OS2/c1-10(2)7-22-13(5-6-20-22)21-14(23)8-24-16-15-11(3)12(4)25-17(15)19-9-18-16/h5-6,9-10H,7-8H2,1-4H3,(H,21,23). The summed E-state index contributed by atoms with van der Waals surface area (Å²) in [5.41, 5.74) is 1.19. The first-order chi connectivity index (χ1) is 12.0. The SMILES string of the molecule is Cc1sc2ncnc(SCC(=O)Nc3ccnn3CC(C)C)c2c1C. The molecule has 0 aromatic carbocycles. The van der Waals surface area contributed by atoms with Crippen molar-refractivity contribution in [2.24, 2.45) is 5.92 Å². The molecule has 0 radical (unpaired) electrons. The fraction of sp³-hybridized carbons (Fsp3) is 0.412. The lowest BCUT2D eigenvalue weighted by atomic mass is 10.2. The molecule has 3 rings (SSSR count). The van der Waals surface area contributed by atoms with Crippen LogP contribution in [0.5, 0.6) is 0 Å². The van der Waals surface area contributed by atoms with Gasteiger partial charge in [0, 0.05) is 22.9 Å². The summed E-state index contributed by atoms with van der Waals surface area (Å²) >= 11 is 3.10. The zero-order valence-corrected chi connectivity index (χ0v) is 16.4. The smallest absolute Gasteiger partial charge is 0.235 e. The van der Waals surface area contributed by atoms with Gasteiger partial charge in [0.15, 0.2) is 0 Å². The topological polar surface area (TPSA) is 72.7 Å². The minimum Gasteiger partial charge on any atom is -0.310 e. The molecule has 8 heteroatoms. The van der Waals surface area contributed by atoms with Crippen LogP contribution in [0.4, 0.5) is 5.82 Å². The van der Waals surface area contributed by atoms with Crippen LogP contribution >= 0.6 is 23.1 Å². The lowest BCUT2D eigenvalue weighted by Gasteiger charge is -2.10. The Morgan fingerprint density at radius 1 is 1.36 bits per heavy atom. The number of hydrogen-bond acceptors (Lipinski definition) is 6. The minimum absolute atomic E-state index is 0.0631. The van der Waals surface area contributed by atoms with Gasteiger partial charge in [-0.2, -0.15) is 5.10 Å². The summed E-state index contributed by atoms with van der Waals surface area (Å²) in [7, 11) is 0. The van der Waals surface area contributed by atoms with Crippen molar-refractivity contribution in [3.05, 3.63) is 29.0 Å². The molecular weight excluding hydrogens is 354 g/mol. The largest absolute Gasteiger partial charge is 0.310 e. The number of aromatic nitrogens is 4. The van der Waals surface area contributed by atoms with Crippen LogP contribution < -0.4 is 5.32 Å². The molecule has 0 spiro atoms. The van der Waals surface area contributed by atoms with E-state index in [1.54, 1.807) is 23.9 Å². The third-order valence-corrected chi connectivity index (χ3v) is 5.90. The van der Waals surface area contributed by atoms with Gasteiger partial charge < -0.3 is 5.32 Å². The highest BCUT2D eigenvalue weighted by atomic mass is 32.2.